The second-order valence-corrected chi connectivity index (χ2v) is 7.95. The number of rotatable bonds is 6. The molecule has 0 aliphatic carbocycles. The molecule has 3 rings (SSSR count). The Morgan fingerprint density at radius 1 is 1.37 bits per heavy atom. The number of nitrogens with zero attached hydrogens (tertiary/aromatic N) is 3. The number of aryl methyl sites for hydroxylation is 1. The number of hydrogen-bond donors (Lipinski definition) is 5. The van der Waals surface area contributed by atoms with E-state index in [0.717, 1.165) is 0 Å². The molecule has 0 radical (unpaired) electrons. The van der Waals surface area contributed by atoms with E-state index in [1.165, 1.54) is 15.5 Å². The number of anilines is 1. The van der Waals surface area contributed by atoms with Crippen molar-refractivity contribution in [3.05, 3.63) is 16.7 Å². The number of hydrogen-bond acceptors (Lipinski definition) is 9. The lowest BCUT2D eigenvalue weighted by molar-refractivity contribution is -0.745. The van der Waals surface area contributed by atoms with Gasteiger partial charge >= 0.3 is 5.65 Å². The Bertz CT molecular complexity index is 946. The quantitative estimate of drug-likeness (QED) is 0.297. The van der Waals surface area contributed by atoms with Gasteiger partial charge in [-0.25, -0.2) is 4.57 Å². The van der Waals surface area contributed by atoms with Crippen molar-refractivity contribution < 1.29 is 33.5 Å². The zero-order valence-corrected chi connectivity index (χ0v) is 15.7. The van der Waals surface area contributed by atoms with Crippen LogP contribution in [0.25, 0.3) is 11.2 Å². The smallest absolute Gasteiger partial charge is 0.313 e. The summed E-state index contributed by atoms with van der Waals surface area (Å²) in [6, 6.07) is 0. The third-order valence-electron chi connectivity index (χ3n) is 4.17. The van der Waals surface area contributed by atoms with Crippen molar-refractivity contribution in [3.63, 3.8) is 0 Å². The molecule has 1 aliphatic rings. The first-order valence-electron chi connectivity index (χ1n) is 8.17. The van der Waals surface area contributed by atoms with Gasteiger partial charge in [-0.3, -0.25) is 14.3 Å². The number of fused-ring (bicyclic) bond motifs is 1. The normalized spacial score (nSPS) is 25.1. The molecule has 0 aromatic carbocycles. The molecule has 0 spiro atoms. The molecule has 0 saturated carbocycles. The molecule has 0 amide bonds. The van der Waals surface area contributed by atoms with E-state index < -0.39 is 37.7 Å². The average molecular weight is 452 g/mol. The van der Waals surface area contributed by atoms with Crippen LogP contribution in [-0.2, 0) is 20.8 Å². The maximum atomic E-state index is 12.1. The van der Waals surface area contributed by atoms with E-state index >= 15 is 0 Å². The van der Waals surface area contributed by atoms with E-state index in [-0.39, 0.29) is 52.6 Å². The zero-order valence-electron chi connectivity index (χ0n) is 14.8. The number of aromatic amines is 1. The summed E-state index contributed by atoms with van der Waals surface area (Å²) in [5, 5.41) is 20.7. The largest absolute Gasteiger partial charge is 0.387 e. The maximum absolute atomic E-state index is 12.1. The molecule has 2 aromatic heterocycles. The number of aliphatic hydroxyl groups excluding tert-OH is 2. The lowest BCUT2D eigenvalue weighted by Crippen LogP contribution is -2.46. The van der Waals surface area contributed by atoms with Crippen molar-refractivity contribution >= 4 is 31.0 Å². The molecular formula is C17H35N5O7P+. The van der Waals surface area contributed by atoms with E-state index in [4.69, 9.17) is 19.5 Å². The molecule has 6 N–H and O–H groups in total. The number of H-pyrrole nitrogens is 1. The standard InChI is InChI=1S/C14H22N5O7P.3CH4/c1-4-24-27(3,23)25-5-7-9(20)10(21)13(26-7)19-6-18(2)8-11(19)16-14(15)17-12(8)22;;;/h6-7,9-10,13,20-21H,3-5H2,1-2H3,(H3-,15,16,17,22,23);3*1H4/p+1. The molecule has 13 heteroatoms. The lowest BCUT2D eigenvalue weighted by atomic mass is 10.1. The fourth-order valence-corrected chi connectivity index (χ4v) is 3.84. The Hall–Kier alpha value is -1.79. The molecular weight excluding hydrogens is 417 g/mol. The van der Waals surface area contributed by atoms with E-state index in [9.17, 15) is 19.9 Å². The Morgan fingerprint density at radius 2 is 2.00 bits per heavy atom. The van der Waals surface area contributed by atoms with E-state index in [2.05, 4.69) is 16.3 Å². The molecule has 12 nitrogen and oxygen atoms in total. The molecule has 5 atom stereocenters. The van der Waals surface area contributed by atoms with E-state index in [1.54, 1.807) is 14.0 Å². The Morgan fingerprint density at radius 3 is 2.60 bits per heavy atom. The van der Waals surface area contributed by atoms with Gasteiger partial charge in [-0.15, -0.1) is 0 Å². The highest BCUT2D eigenvalue weighted by atomic mass is 31.2. The summed E-state index contributed by atoms with van der Waals surface area (Å²) in [5.74, 6) is -0.0935. The van der Waals surface area contributed by atoms with Crippen molar-refractivity contribution in [2.24, 2.45) is 7.05 Å². The monoisotopic (exact) mass is 452 g/mol. The van der Waals surface area contributed by atoms with Gasteiger partial charge in [0.1, 0.15) is 18.3 Å². The number of aromatic nitrogens is 4. The van der Waals surface area contributed by atoms with Crippen molar-refractivity contribution in [1.29, 1.82) is 0 Å². The Kier molecular flexibility index (Phi) is 9.87. The third kappa shape index (κ3) is 5.27. The van der Waals surface area contributed by atoms with Gasteiger partial charge in [-0.1, -0.05) is 27.3 Å². The average Bonchev–Trinajstić information content (AvgIpc) is 3.04. The van der Waals surface area contributed by atoms with Crippen molar-refractivity contribution in [1.82, 2.24) is 14.5 Å². The van der Waals surface area contributed by atoms with Gasteiger partial charge in [0.15, 0.2) is 6.33 Å². The number of imidazole rings is 1. The highest BCUT2D eigenvalue weighted by molar-refractivity contribution is 7.58. The van der Waals surface area contributed by atoms with Gasteiger partial charge in [0.2, 0.25) is 19.3 Å². The van der Waals surface area contributed by atoms with Crippen LogP contribution in [0.2, 0.25) is 0 Å². The summed E-state index contributed by atoms with van der Waals surface area (Å²) in [6.45, 7) is 1.64. The summed E-state index contributed by atoms with van der Waals surface area (Å²) in [5.41, 5.74) is 5.57. The second-order valence-electron chi connectivity index (χ2n) is 6.15. The highest BCUT2D eigenvalue weighted by Gasteiger charge is 2.47. The van der Waals surface area contributed by atoms with Gasteiger partial charge in [-0.2, -0.15) is 0 Å². The predicted molar refractivity (Wildman–Crippen MR) is 116 cm³/mol. The highest BCUT2D eigenvalue weighted by Crippen LogP contribution is 2.43. The van der Waals surface area contributed by atoms with Gasteiger partial charge in [0.05, 0.1) is 20.3 Å². The van der Waals surface area contributed by atoms with Crippen LogP contribution < -0.4 is 15.9 Å². The number of nitrogens with two attached hydrogens (primary N) is 1. The first-order chi connectivity index (χ1) is 12.6. The molecule has 174 valence electrons. The minimum Gasteiger partial charge on any atom is -0.387 e. The molecule has 30 heavy (non-hydrogen) atoms. The van der Waals surface area contributed by atoms with Crippen molar-refractivity contribution in [2.45, 2.75) is 53.7 Å². The topological polar surface area (TPSA) is 169 Å². The molecule has 3 heterocycles. The molecule has 1 fully saturated rings. The maximum Gasteiger partial charge on any atom is 0.313 e. The van der Waals surface area contributed by atoms with Crippen LogP contribution in [-0.4, -0.2) is 67.5 Å². The molecule has 1 saturated heterocycles. The van der Waals surface area contributed by atoms with Crippen LogP contribution in [0.4, 0.5) is 5.95 Å². The molecule has 2 aromatic rings. The van der Waals surface area contributed by atoms with Crippen LogP contribution in [0.15, 0.2) is 11.1 Å². The number of nitrogens with one attached hydrogen (secondary N) is 1. The summed E-state index contributed by atoms with van der Waals surface area (Å²) in [7, 11) is -1.66. The minimum absolute atomic E-state index is 0. The fourth-order valence-electron chi connectivity index (χ4n) is 2.98. The minimum atomic E-state index is -3.29. The number of aliphatic hydroxyl groups is 2. The van der Waals surface area contributed by atoms with E-state index in [0.29, 0.717) is 0 Å². The third-order valence-corrected chi connectivity index (χ3v) is 5.39. The molecule has 0 bridgehead atoms. The lowest BCUT2D eigenvalue weighted by Gasteiger charge is -2.20. The number of nitrogen functional groups attached to an aromatic ring is 1. The molecule has 5 unspecified atom stereocenters. The fraction of sp³-hybridized carbons (Fsp3) is 0.647. The first-order valence-corrected chi connectivity index (χ1v) is 9.93. The van der Waals surface area contributed by atoms with Crippen LogP contribution in [0.5, 0.6) is 0 Å². The predicted octanol–water partition coefficient (Wildman–Crippen LogP) is -0.101. The summed E-state index contributed by atoms with van der Waals surface area (Å²) >= 11 is 0. The van der Waals surface area contributed by atoms with Crippen LogP contribution >= 0.6 is 7.57 Å². The summed E-state index contributed by atoms with van der Waals surface area (Å²) in [4.78, 5) is 28.5. The summed E-state index contributed by atoms with van der Waals surface area (Å²) < 4.78 is 18.8. The van der Waals surface area contributed by atoms with Gasteiger partial charge in [0.25, 0.3) is 11.5 Å². The number of ether oxygens (including phenoxy) is 1. The zero-order chi connectivity index (χ0) is 19.9. The summed E-state index contributed by atoms with van der Waals surface area (Å²) in [6.07, 6.45) is 0.314. The van der Waals surface area contributed by atoms with Gasteiger partial charge in [-0.05, 0) is 13.2 Å². The van der Waals surface area contributed by atoms with Gasteiger partial charge in [0, 0.05) is 0 Å². The van der Waals surface area contributed by atoms with E-state index in [1.807, 2.05) is 0 Å². The Balaban J connectivity index is 0.00000280. The second kappa shape index (κ2) is 10.5. The van der Waals surface area contributed by atoms with Crippen LogP contribution in [0, 0.1) is 0 Å². The van der Waals surface area contributed by atoms with Gasteiger partial charge < -0.3 is 34.6 Å². The van der Waals surface area contributed by atoms with Crippen LogP contribution in [0.3, 0.4) is 0 Å². The van der Waals surface area contributed by atoms with Crippen LogP contribution in [0.1, 0.15) is 35.4 Å². The van der Waals surface area contributed by atoms with Crippen molar-refractivity contribution in [3.8, 4) is 0 Å². The molecule has 1 aliphatic heterocycles. The Labute approximate surface area is 176 Å². The van der Waals surface area contributed by atoms with Crippen molar-refractivity contribution in [2.75, 3.05) is 18.9 Å². The first kappa shape index (κ1) is 28.2. The SMILES string of the molecule is C.C.C.C=P(O)(OCC)OCC1OC([n+]2cn(C)c3c(=O)[nH]c(N)nc32)C(O)C1O.